The Kier molecular flexibility index (Phi) is 6.26. The first-order valence-corrected chi connectivity index (χ1v) is 12.1. The van der Waals surface area contributed by atoms with Crippen LogP contribution in [-0.2, 0) is 4.74 Å². The Hall–Kier alpha value is -2.63. The molecule has 2 bridgehead atoms. The van der Waals surface area contributed by atoms with Gasteiger partial charge in [-0.3, -0.25) is 9.88 Å². The SMILES string of the molecule is CC[C@@H]1CN2CC[C@@H]1C[C@@H]2[C@@H](OC(=O)c1ccc(Cl)cc1)c1ccnc2ccc(OC)cc12. The number of aromatic nitrogens is 1. The van der Waals surface area contributed by atoms with Gasteiger partial charge in [0.1, 0.15) is 11.9 Å². The Bertz CT molecular complexity index is 1150. The molecule has 0 aliphatic carbocycles. The van der Waals surface area contributed by atoms with E-state index < -0.39 is 6.10 Å². The molecule has 0 amide bonds. The summed E-state index contributed by atoms with van der Waals surface area (Å²) in [7, 11) is 1.66. The Labute approximate surface area is 199 Å². The number of carbonyl (C=O) groups is 1. The summed E-state index contributed by atoms with van der Waals surface area (Å²) in [5.74, 6) is 1.82. The highest BCUT2D eigenvalue weighted by Crippen LogP contribution is 2.44. The minimum Gasteiger partial charge on any atom is -0.497 e. The van der Waals surface area contributed by atoms with Crippen LogP contribution in [0.1, 0.15) is 48.2 Å². The molecule has 4 heterocycles. The van der Waals surface area contributed by atoms with E-state index in [0.717, 1.165) is 47.6 Å². The fourth-order valence-electron chi connectivity index (χ4n) is 5.60. The molecule has 3 fully saturated rings. The number of piperidine rings is 3. The van der Waals surface area contributed by atoms with Crippen molar-refractivity contribution in [2.75, 3.05) is 20.2 Å². The van der Waals surface area contributed by atoms with Crippen molar-refractivity contribution in [2.24, 2.45) is 11.8 Å². The lowest BCUT2D eigenvalue weighted by molar-refractivity contribution is -0.0659. The molecule has 33 heavy (non-hydrogen) atoms. The lowest BCUT2D eigenvalue weighted by Gasteiger charge is -2.51. The van der Waals surface area contributed by atoms with Crippen LogP contribution in [0.2, 0.25) is 5.02 Å². The average molecular weight is 465 g/mol. The van der Waals surface area contributed by atoms with E-state index in [4.69, 9.17) is 21.1 Å². The number of fused-ring (bicyclic) bond motifs is 4. The van der Waals surface area contributed by atoms with Crippen molar-refractivity contribution in [1.82, 2.24) is 9.88 Å². The van der Waals surface area contributed by atoms with Crippen LogP contribution in [0.4, 0.5) is 0 Å². The number of halogens is 1. The molecule has 5 atom stereocenters. The highest BCUT2D eigenvalue weighted by Gasteiger charge is 2.44. The number of pyridine rings is 1. The molecule has 6 heteroatoms. The Morgan fingerprint density at radius 3 is 2.73 bits per heavy atom. The first-order chi connectivity index (χ1) is 16.1. The second-order valence-electron chi connectivity index (χ2n) is 9.13. The maximum atomic E-state index is 13.2. The fourth-order valence-corrected chi connectivity index (χ4v) is 5.72. The van der Waals surface area contributed by atoms with Crippen molar-refractivity contribution in [2.45, 2.75) is 38.3 Å². The Morgan fingerprint density at radius 1 is 1.21 bits per heavy atom. The lowest BCUT2D eigenvalue weighted by atomic mass is 9.72. The Balaban J connectivity index is 1.55. The average Bonchev–Trinajstić information content (AvgIpc) is 2.87. The van der Waals surface area contributed by atoms with Gasteiger partial charge in [0.2, 0.25) is 0 Å². The molecular formula is C27H29ClN2O3. The second-order valence-corrected chi connectivity index (χ2v) is 9.57. The van der Waals surface area contributed by atoms with Crippen LogP contribution in [-0.4, -0.2) is 42.1 Å². The summed E-state index contributed by atoms with van der Waals surface area (Å²) in [6.07, 6.45) is 4.85. The molecule has 0 spiro atoms. The lowest BCUT2D eigenvalue weighted by Crippen LogP contribution is -2.55. The number of methoxy groups -OCH3 is 1. The summed E-state index contributed by atoms with van der Waals surface area (Å²) in [6.45, 7) is 4.39. The van der Waals surface area contributed by atoms with Crippen molar-refractivity contribution in [3.63, 3.8) is 0 Å². The number of rotatable bonds is 6. The molecule has 6 rings (SSSR count). The predicted molar refractivity (Wildman–Crippen MR) is 130 cm³/mol. The zero-order valence-electron chi connectivity index (χ0n) is 19.0. The number of nitrogens with zero attached hydrogens (tertiary/aromatic N) is 2. The van der Waals surface area contributed by atoms with Crippen LogP contribution < -0.4 is 4.74 Å². The van der Waals surface area contributed by atoms with Crippen LogP contribution >= 0.6 is 11.6 Å². The first kappa shape index (κ1) is 22.2. The number of carbonyl (C=O) groups excluding carboxylic acids is 1. The van der Waals surface area contributed by atoms with Crippen molar-refractivity contribution >= 4 is 28.5 Å². The normalized spacial score (nSPS) is 25.1. The summed E-state index contributed by atoms with van der Waals surface area (Å²) >= 11 is 6.03. The maximum Gasteiger partial charge on any atom is 0.338 e. The molecule has 2 aromatic carbocycles. The molecule has 5 nitrogen and oxygen atoms in total. The van der Waals surface area contributed by atoms with Crippen LogP contribution in [0.25, 0.3) is 10.9 Å². The Morgan fingerprint density at radius 2 is 2.03 bits per heavy atom. The topological polar surface area (TPSA) is 51.7 Å². The van der Waals surface area contributed by atoms with Gasteiger partial charge in [0.05, 0.1) is 24.2 Å². The van der Waals surface area contributed by atoms with Gasteiger partial charge in [-0.2, -0.15) is 0 Å². The van der Waals surface area contributed by atoms with Gasteiger partial charge in [-0.05, 0) is 79.8 Å². The number of hydrogen-bond donors (Lipinski definition) is 0. The third-order valence-electron chi connectivity index (χ3n) is 7.41. The molecule has 3 aliphatic heterocycles. The van der Waals surface area contributed by atoms with Gasteiger partial charge in [0, 0.05) is 28.7 Å². The van der Waals surface area contributed by atoms with Crippen molar-refractivity contribution in [3.05, 3.63) is 70.9 Å². The molecule has 1 aromatic heterocycles. The molecule has 3 aliphatic rings. The molecule has 0 N–H and O–H groups in total. The first-order valence-electron chi connectivity index (χ1n) is 11.7. The quantitative estimate of drug-likeness (QED) is 0.424. The number of hydrogen-bond acceptors (Lipinski definition) is 5. The van der Waals surface area contributed by atoms with Gasteiger partial charge in [-0.1, -0.05) is 24.9 Å². The zero-order chi connectivity index (χ0) is 22.9. The van der Waals surface area contributed by atoms with E-state index in [1.165, 1.54) is 12.8 Å². The summed E-state index contributed by atoms with van der Waals surface area (Å²) < 4.78 is 11.8. The zero-order valence-corrected chi connectivity index (χ0v) is 19.8. The van der Waals surface area contributed by atoms with Crippen molar-refractivity contribution < 1.29 is 14.3 Å². The minimum absolute atomic E-state index is 0.139. The molecular weight excluding hydrogens is 436 g/mol. The molecule has 3 saturated heterocycles. The molecule has 0 saturated carbocycles. The van der Waals surface area contributed by atoms with Crippen LogP contribution in [0.15, 0.2) is 54.7 Å². The molecule has 172 valence electrons. The van der Waals surface area contributed by atoms with Gasteiger partial charge in [0.15, 0.2) is 0 Å². The standard InChI is InChI=1S/C27H29ClN2O3/c1-3-17-16-30-13-11-19(17)14-25(30)26(33-27(31)18-4-6-20(28)7-5-18)22-10-12-29-24-9-8-21(32-2)15-23(22)24/h4-10,12,15,17,19,25-26H,3,11,13-14,16H2,1-2H3/t17-,19-,25-,26+/m1/s1. The van der Waals surface area contributed by atoms with Crippen molar-refractivity contribution in [1.29, 1.82) is 0 Å². The highest BCUT2D eigenvalue weighted by atomic mass is 35.5. The van der Waals surface area contributed by atoms with E-state index in [1.54, 1.807) is 37.6 Å². The van der Waals surface area contributed by atoms with E-state index in [2.05, 4.69) is 16.8 Å². The van der Waals surface area contributed by atoms with Gasteiger partial charge < -0.3 is 9.47 Å². The smallest absolute Gasteiger partial charge is 0.338 e. The van der Waals surface area contributed by atoms with Gasteiger partial charge in [0.25, 0.3) is 0 Å². The summed E-state index contributed by atoms with van der Waals surface area (Å²) in [6, 6.07) is 14.9. The fraction of sp³-hybridized carbons (Fsp3) is 0.407. The number of esters is 1. The largest absolute Gasteiger partial charge is 0.497 e. The van der Waals surface area contributed by atoms with E-state index >= 15 is 0 Å². The monoisotopic (exact) mass is 464 g/mol. The summed E-state index contributed by atoms with van der Waals surface area (Å²) in [5, 5.41) is 1.55. The highest BCUT2D eigenvalue weighted by molar-refractivity contribution is 6.30. The van der Waals surface area contributed by atoms with Gasteiger partial charge in [-0.25, -0.2) is 4.79 Å². The predicted octanol–water partition coefficient (Wildman–Crippen LogP) is 5.92. The number of benzene rings is 2. The second kappa shape index (κ2) is 9.32. The summed E-state index contributed by atoms with van der Waals surface area (Å²) in [4.78, 5) is 20.3. The minimum atomic E-state index is -0.397. The maximum absolute atomic E-state index is 13.2. The third kappa shape index (κ3) is 4.32. The van der Waals surface area contributed by atoms with E-state index in [9.17, 15) is 4.79 Å². The molecule has 0 radical (unpaired) electrons. The van der Waals surface area contributed by atoms with Gasteiger partial charge in [-0.15, -0.1) is 0 Å². The van der Waals surface area contributed by atoms with Crippen LogP contribution in [0, 0.1) is 11.8 Å². The van der Waals surface area contributed by atoms with Crippen molar-refractivity contribution in [3.8, 4) is 5.75 Å². The molecule has 3 aromatic rings. The van der Waals surface area contributed by atoms with Gasteiger partial charge >= 0.3 is 5.97 Å². The third-order valence-corrected chi connectivity index (χ3v) is 7.66. The summed E-state index contributed by atoms with van der Waals surface area (Å²) in [5.41, 5.74) is 2.35. The van der Waals surface area contributed by atoms with Crippen LogP contribution in [0.5, 0.6) is 5.75 Å². The number of ether oxygens (including phenoxy) is 2. The van der Waals surface area contributed by atoms with Crippen LogP contribution in [0.3, 0.4) is 0 Å². The van der Waals surface area contributed by atoms with E-state index in [-0.39, 0.29) is 12.0 Å². The van der Waals surface area contributed by atoms with E-state index in [0.29, 0.717) is 16.5 Å². The van der Waals surface area contributed by atoms with E-state index in [1.807, 2.05) is 24.3 Å². The molecule has 1 unspecified atom stereocenters.